The molecule has 0 radical (unpaired) electrons. The van der Waals surface area contributed by atoms with E-state index < -0.39 is 6.29 Å². The predicted octanol–water partition coefficient (Wildman–Crippen LogP) is 3.60. The van der Waals surface area contributed by atoms with Crippen molar-refractivity contribution < 1.29 is 33.5 Å². The Morgan fingerprint density at radius 1 is 0.970 bits per heavy atom. The summed E-state index contributed by atoms with van der Waals surface area (Å²) in [5.41, 5.74) is 0.988. The van der Waals surface area contributed by atoms with Crippen LogP contribution in [0.1, 0.15) is 40.5 Å². The molecule has 2 fully saturated rings. The molecule has 1 N–H and O–H groups in total. The van der Waals surface area contributed by atoms with E-state index in [9.17, 15) is 5.11 Å². The van der Waals surface area contributed by atoms with Crippen molar-refractivity contribution in [3.63, 3.8) is 0 Å². The Kier molecular flexibility index (Phi) is 11.5. The Hall–Kier alpha value is -0.800. The van der Waals surface area contributed by atoms with Crippen molar-refractivity contribution in [2.24, 2.45) is 23.7 Å². The minimum Gasteiger partial charge on any atom is -0.392 e. The first-order valence-electron chi connectivity index (χ1n) is 12.1. The highest BCUT2D eigenvalue weighted by atomic mass is 16.7. The highest BCUT2D eigenvalue weighted by molar-refractivity contribution is 5.19. The van der Waals surface area contributed by atoms with Crippen molar-refractivity contribution in [2.75, 3.05) is 35.5 Å². The van der Waals surface area contributed by atoms with E-state index >= 15 is 0 Å². The molecule has 1 aliphatic heterocycles. The summed E-state index contributed by atoms with van der Waals surface area (Å²) >= 11 is 0. The van der Waals surface area contributed by atoms with E-state index in [0.717, 1.165) is 18.4 Å². The molecule has 1 saturated carbocycles. The third kappa shape index (κ3) is 6.66. The molecular weight excluding hydrogens is 424 g/mol. The predicted molar refractivity (Wildman–Crippen MR) is 128 cm³/mol. The third-order valence-electron chi connectivity index (χ3n) is 7.60. The summed E-state index contributed by atoms with van der Waals surface area (Å²) in [6.45, 7) is 8.47. The van der Waals surface area contributed by atoms with Crippen LogP contribution < -0.4 is 0 Å². The number of methoxy groups -OCH3 is 5. The molecule has 2 aliphatic rings. The molecule has 33 heavy (non-hydrogen) atoms. The van der Waals surface area contributed by atoms with E-state index in [1.165, 1.54) is 0 Å². The molecule has 11 atom stereocenters. The molecule has 1 heterocycles. The summed E-state index contributed by atoms with van der Waals surface area (Å²) in [6, 6.07) is 0. The Labute approximate surface area is 200 Å². The lowest BCUT2D eigenvalue weighted by Crippen LogP contribution is -2.60. The number of aliphatic hydroxyl groups is 1. The topological polar surface area (TPSA) is 75.6 Å². The highest BCUT2D eigenvalue weighted by Crippen LogP contribution is 2.49. The zero-order chi connectivity index (χ0) is 24.7. The minimum absolute atomic E-state index is 0.0562. The van der Waals surface area contributed by atoms with Crippen LogP contribution in [0.25, 0.3) is 0 Å². The summed E-state index contributed by atoms with van der Waals surface area (Å²) in [7, 11) is 8.27. The second-order valence-corrected chi connectivity index (χ2v) is 9.51. The molecule has 0 aromatic rings. The maximum atomic E-state index is 10.9. The first kappa shape index (κ1) is 28.4. The Balaban J connectivity index is 2.02. The van der Waals surface area contributed by atoms with Crippen molar-refractivity contribution in [1.29, 1.82) is 0 Å². The van der Waals surface area contributed by atoms with E-state index in [1.54, 1.807) is 35.5 Å². The molecule has 2 rings (SSSR count). The summed E-state index contributed by atoms with van der Waals surface area (Å²) in [5.74, 6) is 1.39. The van der Waals surface area contributed by atoms with E-state index in [1.807, 2.05) is 19.1 Å². The Morgan fingerprint density at radius 2 is 1.61 bits per heavy atom. The van der Waals surface area contributed by atoms with Gasteiger partial charge in [-0.1, -0.05) is 39.0 Å². The average molecular weight is 471 g/mol. The molecule has 0 amide bonds. The number of allylic oxidation sites excluding steroid dienone is 2. The first-order chi connectivity index (χ1) is 15.8. The molecule has 0 bridgehead atoms. The second kappa shape index (κ2) is 13.3. The minimum atomic E-state index is -0.558. The van der Waals surface area contributed by atoms with E-state index in [0.29, 0.717) is 17.8 Å². The van der Waals surface area contributed by atoms with Gasteiger partial charge < -0.3 is 33.5 Å². The smallest absolute Gasteiger partial charge is 0.186 e. The zero-order valence-electron chi connectivity index (χ0n) is 21.9. The van der Waals surface area contributed by atoms with E-state index in [2.05, 4.69) is 26.8 Å². The maximum Gasteiger partial charge on any atom is 0.186 e. The summed E-state index contributed by atoms with van der Waals surface area (Å²) in [4.78, 5) is 0. The van der Waals surface area contributed by atoms with E-state index in [4.69, 9.17) is 28.4 Å². The fraction of sp³-hybridized carbons (Fsp3) is 0.846. The molecular formula is C26H46O7. The zero-order valence-corrected chi connectivity index (χ0v) is 21.9. The second-order valence-electron chi connectivity index (χ2n) is 9.51. The molecule has 7 heteroatoms. The number of hydrogen-bond donors (Lipinski definition) is 1. The van der Waals surface area contributed by atoms with Gasteiger partial charge in [0.05, 0.1) is 12.2 Å². The van der Waals surface area contributed by atoms with Gasteiger partial charge in [-0.2, -0.15) is 0 Å². The van der Waals surface area contributed by atoms with Gasteiger partial charge in [-0.05, 0) is 43.1 Å². The lowest BCUT2D eigenvalue weighted by molar-refractivity contribution is -0.295. The fourth-order valence-electron chi connectivity index (χ4n) is 5.38. The van der Waals surface area contributed by atoms with Gasteiger partial charge in [0.15, 0.2) is 6.29 Å². The largest absolute Gasteiger partial charge is 0.392 e. The highest BCUT2D eigenvalue weighted by Gasteiger charge is 2.49. The summed E-state index contributed by atoms with van der Waals surface area (Å²) in [6.07, 6.45) is 6.10. The van der Waals surface area contributed by atoms with Crippen LogP contribution in [-0.2, 0) is 28.4 Å². The molecule has 7 nitrogen and oxygen atoms in total. The fourth-order valence-corrected chi connectivity index (χ4v) is 5.38. The van der Waals surface area contributed by atoms with Crippen molar-refractivity contribution >= 4 is 0 Å². The van der Waals surface area contributed by atoms with Gasteiger partial charge in [-0.3, -0.25) is 0 Å². The van der Waals surface area contributed by atoms with Gasteiger partial charge in [-0.15, -0.1) is 0 Å². The van der Waals surface area contributed by atoms with Crippen molar-refractivity contribution in [3.8, 4) is 0 Å². The number of aliphatic hydroxyl groups excluding tert-OH is 1. The van der Waals surface area contributed by atoms with Gasteiger partial charge >= 0.3 is 0 Å². The van der Waals surface area contributed by atoms with Gasteiger partial charge in [0.25, 0.3) is 0 Å². The van der Waals surface area contributed by atoms with Gasteiger partial charge in [0.2, 0.25) is 0 Å². The molecule has 0 spiro atoms. The standard InChI is InChI=1S/C26H46O7/c1-10-20(28-5)17(4)18-14-19(18)21(27)15(2)12-11-13-16(3)22-23(29-6)24(30-7)25(31-8)26(32-9)33-22/h11-13,15,17-27H,10,14H2,1-9H3/b12-11+,16-13+/t15-,17-,18+,19-,20-,21+,22+,23+,24-,25-,26-/m0/s1. The molecule has 192 valence electrons. The van der Waals surface area contributed by atoms with Crippen molar-refractivity contribution in [1.82, 2.24) is 0 Å². The summed E-state index contributed by atoms with van der Waals surface area (Å²) in [5, 5.41) is 10.9. The van der Waals surface area contributed by atoms with E-state index in [-0.39, 0.29) is 42.5 Å². The maximum absolute atomic E-state index is 10.9. The molecule has 1 saturated heterocycles. The van der Waals surface area contributed by atoms with Crippen LogP contribution in [0.4, 0.5) is 0 Å². The van der Waals surface area contributed by atoms with Crippen LogP contribution in [0, 0.1) is 23.7 Å². The number of rotatable bonds is 13. The van der Waals surface area contributed by atoms with Crippen LogP contribution in [-0.4, -0.2) is 83.6 Å². The molecule has 1 aliphatic carbocycles. The quantitative estimate of drug-likeness (QED) is 0.412. The Morgan fingerprint density at radius 3 is 2.12 bits per heavy atom. The first-order valence-corrected chi connectivity index (χ1v) is 12.1. The lowest BCUT2D eigenvalue weighted by Gasteiger charge is -2.44. The molecule has 0 unspecified atom stereocenters. The monoisotopic (exact) mass is 470 g/mol. The van der Waals surface area contributed by atoms with Crippen LogP contribution in [0.2, 0.25) is 0 Å². The van der Waals surface area contributed by atoms with Crippen LogP contribution >= 0.6 is 0 Å². The van der Waals surface area contributed by atoms with Crippen LogP contribution in [0.3, 0.4) is 0 Å². The lowest BCUT2D eigenvalue weighted by atomic mass is 9.91. The molecule has 0 aromatic heterocycles. The average Bonchev–Trinajstić information content (AvgIpc) is 3.63. The third-order valence-corrected chi connectivity index (χ3v) is 7.60. The molecule has 0 aromatic carbocycles. The summed E-state index contributed by atoms with van der Waals surface area (Å²) < 4.78 is 34.2. The van der Waals surface area contributed by atoms with Crippen molar-refractivity contribution in [3.05, 3.63) is 23.8 Å². The normalized spacial score (nSPS) is 36.5. The SMILES string of the molecule is CC[C@H](OC)[C@@H](C)[C@H]1C[C@@H]1[C@H](O)[C@@H](C)/C=C/C=C(\C)[C@H]1O[C@H](OC)[C@@H](OC)[C@@H](OC)[C@@H]1OC. The van der Waals surface area contributed by atoms with Gasteiger partial charge in [0.1, 0.15) is 24.4 Å². The number of hydrogen-bond acceptors (Lipinski definition) is 7. The van der Waals surface area contributed by atoms with Crippen LogP contribution in [0.15, 0.2) is 23.8 Å². The van der Waals surface area contributed by atoms with Crippen LogP contribution in [0.5, 0.6) is 0 Å². The van der Waals surface area contributed by atoms with Gasteiger partial charge in [0, 0.05) is 41.5 Å². The Bertz CT molecular complexity index is 632. The number of ether oxygens (including phenoxy) is 6. The van der Waals surface area contributed by atoms with Crippen molar-refractivity contribution in [2.45, 2.75) is 83.5 Å². The van der Waals surface area contributed by atoms with Gasteiger partial charge in [-0.25, -0.2) is 0 Å².